The van der Waals surface area contributed by atoms with E-state index in [0.717, 1.165) is 12.8 Å². The van der Waals surface area contributed by atoms with Gasteiger partial charge in [-0.3, -0.25) is 0 Å². The zero-order valence-electron chi connectivity index (χ0n) is 6.42. The number of thiazole rings is 1. The normalized spacial score (nSPS) is 8.82. The summed E-state index contributed by atoms with van der Waals surface area (Å²) in [6.07, 6.45) is 3.69. The van der Waals surface area contributed by atoms with E-state index in [2.05, 4.69) is 16.8 Å². The van der Waals surface area contributed by atoms with Crippen LogP contribution >= 0.6 is 11.3 Å². The molecule has 2 N–H and O–H groups in total. The van der Waals surface area contributed by atoms with Gasteiger partial charge in [0.05, 0.1) is 0 Å². The standard InChI is InChI=1S/C8H10N2S/c1-2-3-4-5-7-6-10-8(9)11-7/h6H,4-5H2,1H3,(H2,9,10). The van der Waals surface area contributed by atoms with Crippen molar-refractivity contribution < 1.29 is 0 Å². The quantitative estimate of drug-likeness (QED) is 0.679. The average molecular weight is 166 g/mol. The number of nitrogens with two attached hydrogens (primary N) is 1. The van der Waals surface area contributed by atoms with Gasteiger partial charge in [-0.2, -0.15) is 0 Å². The maximum Gasteiger partial charge on any atom is 0.180 e. The first-order valence-electron chi connectivity index (χ1n) is 3.42. The highest BCUT2D eigenvalue weighted by molar-refractivity contribution is 7.15. The molecular weight excluding hydrogens is 156 g/mol. The third-order valence-electron chi connectivity index (χ3n) is 1.24. The van der Waals surface area contributed by atoms with E-state index in [-0.39, 0.29) is 0 Å². The fourth-order valence-corrected chi connectivity index (χ4v) is 1.43. The fourth-order valence-electron chi connectivity index (χ4n) is 0.749. The Hall–Kier alpha value is -1.01. The van der Waals surface area contributed by atoms with Crippen LogP contribution in [0.4, 0.5) is 5.13 Å². The number of hydrogen-bond donors (Lipinski definition) is 1. The third kappa shape index (κ3) is 2.60. The highest BCUT2D eigenvalue weighted by Gasteiger charge is 1.95. The second-order valence-electron chi connectivity index (χ2n) is 2.09. The van der Waals surface area contributed by atoms with Gasteiger partial charge in [0, 0.05) is 17.5 Å². The Morgan fingerprint density at radius 1 is 1.73 bits per heavy atom. The van der Waals surface area contributed by atoms with Gasteiger partial charge in [-0.1, -0.05) is 0 Å². The molecule has 58 valence electrons. The Morgan fingerprint density at radius 2 is 2.55 bits per heavy atom. The summed E-state index contributed by atoms with van der Waals surface area (Å²) >= 11 is 1.54. The first-order chi connectivity index (χ1) is 5.33. The van der Waals surface area contributed by atoms with Crippen LogP contribution < -0.4 is 5.73 Å². The van der Waals surface area contributed by atoms with Gasteiger partial charge in [0.2, 0.25) is 0 Å². The van der Waals surface area contributed by atoms with Crippen molar-refractivity contribution in [2.24, 2.45) is 0 Å². The summed E-state index contributed by atoms with van der Waals surface area (Å²) in [7, 11) is 0. The summed E-state index contributed by atoms with van der Waals surface area (Å²) in [5, 5.41) is 0.643. The minimum atomic E-state index is 0.643. The van der Waals surface area contributed by atoms with Crippen molar-refractivity contribution in [3.05, 3.63) is 11.1 Å². The Kier molecular flexibility index (Phi) is 2.94. The summed E-state index contributed by atoms with van der Waals surface area (Å²) in [5.74, 6) is 5.84. The summed E-state index contributed by atoms with van der Waals surface area (Å²) in [4.78, 5) is 5.16. The average Bonchev–Trinajstić information content (AvgIpc) is 2.37. The predicted molar refractivity (Wildman–Crippen MR) is 48.3 cm³/mol. The molecule has 0 aromatic carbocycles. The molecule has 0 saturated heterocycles. The Morgan fingerprint density at radius 3 is 3.09 bits per heavy atom. The van der Waals surface area contributed by atoms with Crippen LogP contribution in [0.3, 0.4) is 0 Å². The van der Waals surface area contributed by atoms with Crippen molar-refractivity contribution >= 4 is 16.5 Å². The monoisotopic (exact) mass is 166 g/mol. The maximum atomic E-state index is 5.45. The molecule has 0 atom stereocenters. The van der Waals surface area contributed by atoms with Gasteiger partial charge >= 0.3 is 0 Å². The van der Waals surface area contributed by atoms with Crippen LogP contribution in [-0.4, -0.2) is 4.98 Å². The minimum absolute atomic E-state index is 0.643. The molecular formula is C8H10N2S. The Balaban J connectivity index is 2.43. The molecule has 0 radical (unpaired) electrons. The van der Waals surface area contributed by atoms with Crippen LogP contribution in [0.1, 0.15) is 18.2 Å². The lowest BCUT2D eigenvalue weighted by Gasteiger charge is -1.85. The highest BCUT2D eigenvalue weighted by Crippen LogP contribution is 2.15. The number of hydrogen-bond acceptors (Lipinski definition) is 3. The SMILES string of the molecule is CC#CCCc1cnc(N)s1. The van der Waals surface area contributed by atoms with E-state index in [1.807, 2.05) is 13.1 Å². The van der Waals surface area contributed by atoms with Crippen LogP contribution in [-0.2, 0) is 6.42 Å². The molecule has 0 saturated carbocycles. The molecule has 3 heteroatoms. The lowest BCUT2D eigenvalue weighted by atomic mass is 10.3. The van der Waals surface area contributed by atoms with Crippen LogP contribution in [0.25, 0.3) is 0 Å². The maximum absolute atomic E-state index is 5.45. The van der Waals surface area contributed by atoms with Crippen LogP contribution in [0.5, 0.6) is 0 Å². The second kappa shape index (κ2) is 3.99. The smallest absolute Gasteiger partial charge is 0.180 e. The predicted octanol–water partition coefficient (Wildman–Crippen LogP) is 1.68. The zero-order chi connectivity index (χ0) is 8.10. The number of nitrogens with zero attached hydrogens (tertiary/aromatic N) is 1. The van der Waals surface area contributed by atoms with Crippen molar-refractivity contribution in [3.8, 4) is 11.8 Å². The second-order valence-corrected chi connectivity index (χ2v) is 3.24. The summed E-state index contributed by atoms with van der Waals surface area (Å²) in [6, 6.07) is 0. The van der Waals surface area contributed by atoms with Crippen LogP contribution in [0.15, 0.2) is 6.20 Å². The number of anilines is 1. The van der Waals surface area contributed by atoms with E-state index in [0.29, 0.717) is 5.13 Å². The minimum Gasteiger partial charge on any atom is -0.375 e. The van der Waals surface area contributed by atoms with Crippen LogP contribution in [0.2, 0.25) is 0 Å². The molecule has 0 aliphatic rings. The van der Waals surface area contributed by atoms with Gasteiger partial charge in [-0.05, 0) is 13.3 Å². The van der Waals surface area contributed by atoms with E-state index >= 15 is 0 Å². The number of rotatable bonds is 2. The lowest BCUT2D eigenvalue weighted by Crippen LogP contribution is -1.77. The first-order valence-corrected chi connectivity index (χ1v) is 4.24. The van der Waals surface area contributed by atoms with Gasteiger partial charge in [0.15, 0.2) is 5.13 Å². The van der Waals surface area contributed by atoms with E-state index in [9.17, 15) is 0 Å². The number of aromatic nitrogens is 1. The van der Waals surface area contributed by atoms with Gasteiger partial charge < -0.3 is 5.73 Å². The molecule has 0 fully saturated rings. The molecule has 0 aliphatic heterocycles. The molecule has 1 aromatic rings. The number of aryl methyl sites for hydroxylation is 1. The van der Waals surface area contributed by atoms with E-state index in [1.165, 1.54) is 16.2 Å². The fraction of sp³-hybridized carbons (Fsp3) is 0.375. The molecule has 0 aliphatic carbocycles. The molecule has 0 unspecified atom stereocenters. The van der Waals surface area contributed by atoms with Gasteiger partial charge in [0.1, 0.15) is 0 Å². The highest BCUT2D eigenvalue weighted by atomic mass is 32.1. The molecule has 11 heavy (non-hydrogen) atoms. The topological polar surface area (TPSA) is 38.9 Å². The summed E-state index contributed by atoms with van der Waals surface area (Å²) in [5.41, 5.74) is 5.45. The number of nitrogen functional groups attached to an aromatic ring is 1. The molecule has 2 nitrogen and oxygen atoms in total. The lowest BCUT2D eigenvalue weighted by molar-refractivity contribution is 1.05. The van der Waals surface area contributed by atoms with Gasteiger partial charge in [0.25, 0.3) is 0 Å². The van der Waals surface area contributed by atoms with Crippen molar-refractivity contribution in [1.82, 2.24) is 4.98 Å². The van der Waals surface area contributed by atoms with Crippen molar-refractivity contribution in [1.29, 1.82) is 0 Å². The van der Waals surface area contributed by atoms with E-state index in [4.69, 9.17) is 5.73 Å². The largest absolute Gasteiger partial charge is 0.375 e. The molecule has 1 rings (SSSR count). The van der Waals surface area contributed by atoms with Crippen molar-refractivity contribution in [3.63, 3.8) is 0 Å². The molecule has 0 amide bonds. The summed E-state index contributed by atoms with van der Waals surface area (Å²) < 4.78 is 0. The molecule has 0 spiro atoms. The molecule has 0 bridgehead atoms. The summed E-state index contributed by atoms with van der Waals surface area (Å²) in [6.45, 7) is 1.85. The third-order valence-corrected chi connectivity index (χ3v) is 2.13. The van der Waals surface area contributed by atoms with Gasteiger partial charge in [-0.25, -0.2) is 4.98 Å². The van der Waals surface area contributed by atoms with Crippen molar-refractivity contribution in [2.45, 2.75) is 19.8 Å². The first kappa shape index (κ1) is 8.09. The van der Waals surface area contributed by atoms with E-state index < -0.39 is 0 Å². The van der Waals surface area contributed by atoms with Crippen LogP contribution in [0, 0.1) is 11.8 Å². The molecule has 1 heterocycles. The molecule has 1 aromatic heterocycles. The van der Waals surface area contributed by atoms with Crippen molar-refractivity contribution in [2.75, 3.05) is 5.73 Å². The Bertz CT molecular complexity index is 280. The van der Waals surface area contributed by atoms with Gasteiger partial charge in [-0.15, -0.1) is 23.2 Å². The zero-order valence-corrected chi connectivity index (χ0v) is 7.24. The Labute approximate surface area is 70.5 Å². The van der Waals surface area contributed by atoms with E-state index in [1.54, 1.807) is 0 Å².